The number of hydrogen-bond donors (Lipinski definition) is 1. The Morgan fingerprint density at radius 1 is 1.29 bits per heavy atom. The minimum atomic E-state index is -0.903. The lowest BCUT2D eigenvalue weighted by molar-refractivity contribution is 0.0697. The summed E-state index contributed by atoms with van der Waals surface area (Å²) in [6, 6.07) is 7.01. The van der Waals surface area contributed by atoms with Crippen molar-refractivity contribution in [2.24, 2.45) is 5.92 Å². The van der Waals surface area contributed by atoms with Gasteiger partial charge in [0.25, 0.3) is 0 Å². The van der Waals surface area contributed by atoms with Crippen LogP contribution in [-0.4, -0.2) is 16.1 Å². The number of carbonyl (C=O) groups is 1. The zero-order valence-electron chi connectivity index (χ0n) is 12.9. The van der Waals surface area contributed by atoms with E-state index in [0.717, 1.165) is 22.7 Å². The molecule has 1 aromatic carbocycles. The molecular weight excluding hydrogens is 282 g/mol. The summed E-state index contributed by atoms with van der Waals surface area (Å²) in [5.74, 6) is 0.0929. The monoisotopic (exact) mass is 303 g/mol. The molecule has 0 spiro atoms. The third kappa shape index (κ3) is 3.70. The van der Waals surface area contributed by atoms with E-state index in [2.05, 4.69) is 27.7 Å². The number of aromatic carboxylic acids is 1. The van der Waals surface area contributed by atoms with Crippen LogP contribution in [0.1, 0.15) is 54.5 Å². The second-order valence-corrected chi connectivity index (χ2v) is 7.00. The van der Waals surface area contributed by atoms with Crippen molar-refractivity contribution in [2.45, 2.75) is 40.0 Å². The number of hydrogen-bond acceptors (Lipinski definition) is 3. The van der Waals surface area contributed by atoms with Crippen molar-refractivity contribution in [3.63, 3.8) is 0 Å². The van der Waals surface area contributed by atoms with Crippen LogP contribution in [0.15, 0.2) is 24.3 Å². The maximum atomic E-state index is 11.1. The zero-order chi connectivity index (χ0) is 15.6. The molecule has 0 bridgehead atoms. The van der Waals surface area contributed by atoms with Crippen molar-refractivity contribution in [1.82, 2.24) is 4.98 Å². The van der Waals surface area contributed by atoms with E-state index in [-0.39, 0.29) is 0 Å². The van der Waals surface area contributed by atoms with Crippen LogP contribution < -0.4 is 0 Å². The molecule has 0 saturated carbocycles. The van der Waals surface area contributed by atoms with Crippen LogP contribution in [0.3, 0.4) is 0 Å². The van der Waals surface area contributed by atoms with Crippen LogP contribution >= 0.6 is 11.3 Å². The van der Waals surface area contributed by atoms with Crippen molar-refractivity contribution in [2.75, 3.05) is 0 Å². The Bertz CT molecular complexity index is 644. The van der Waals surface area contributed by atoms with Crippen molar-refractivity contribution in [3.8, 4) is 10.6 Å². The standard InChI is InChI=1S/C17H21NO2S/c1-10(2)8-14-15(11(3)4)21-16(18-14)12-6-5-7-13(9-12)17(19)20/h5-7,9-11H,8H2,1-4H3,(H,19,20). The molecule has 0 aliphatic heterocycles. The normalized spacial score (nSPS) is 11.3. The van der Waals surface area contributed by atoms with Gasteiger partial charge in [0, 0.05) is 10.4 Å². The fraction of sp³-hybridized carbons (Fsp3) is 0.412. The topological polar surface area (TPSA) is 50.2 Å². The first-order chi connectivity index (χ1) is 9.88. The van der Waals surface area contributed by atoms with E-state index in [0.29, 0.717) is 17.4 Å². The molecule has 0 aliphatic carbocycles. The molecule has 2 aromatic rings. The number of aromatic nitrogens is 1. The molecule has 0 unspecified atom stereocenters. The van der Waals surface area contributed by atoms with Gasteiger partial charge in [0.15, 0.2) is 0 Å². The summed E-state index contributed by atoms with van der Waals surface area (Å²) in [6.45, 7) is 8.73. The van der Waals surface area contributed by atoms with Crippen molar-refractivity contribution >= 4 is 17.3 Å². The van der Waals surface area contributed by atoms with E-state index < -0.39 is 5.97 Å². The highest BCUT2D eigenvalue weighted by atomic mass is 32.1. The van der Waals surface area contributed by atoms with Crippen LogP contribution in [0.25, 0.3) is 10.6 Å². The Morgan fingerprint density at radius 3 is 2.57 bits per heavy atom. The lowest BCUT2D eigenvalue weighted by atomic mass is 10.0. The largest absolute Gasteiger partial charge is 0.478 e. The molecule has 112 valence electrons. The molecule has 0 saturated heterocycles. The van der Waals surface area contributed by atoms with E-state index in [1.807, 2.05) is 6.07 Å². The second-order valence-electron chi connectivity index (χ2n) is 5.97. The van der Waals surface area contributed by atoms with Gasteiger partial charge in [-0.15, -0.1) is 11.3 Å². The molecule has 1 heterocycles. The van der Waals surface area contributed by atoms with Gasteiger partial charge in [0.05, 0.1) is 11.3 Å². The second kappa shape index (κ2) is 6.39. The third-order valence-corrected chi connectivity index (χ3v) is 4.66. The lowest BCUT2D eigenvalue weighted by Crippen LogP contribution is -1.99. The number of rotatable bonds is 5. The predicted molar refractivity (Wildman–Crippen MR) is 87.1 cm³/mol. The molecule has 4 heteroatoms. The quantitative estimate of drug-likeness (QED) is 0.860. The van der Waals surface area contributed by atoms with Crippen molar-refractivity contribution < 1.29 is 9.90 Å². The van der Waals surface area contributed by atoms with Gasteiger partial charge < -0.3 is 5.11 Å². The van der Waals surface area contributed by atoms with Gasteiger partial charge in [0.1, 0.15) is 5.01 Å². The fourth-order valence-electron chi connectivity index (χ4n) is 2.26. The number of carboxylic acid groups (broad SMARTS) is 1. The number of carboxylic acids is 1. The average molecular weight is 303 g/mol. The molecule has 0 aliphatic rings. The highest BCUT2D eigenvalue weighted by Gasteiger charge is 2.16. The Morgan fingerprint density at radius 2 is 2.00 bits per heavy atom. The summed E-state index contributed by atoms with van der Waals surface area (Å²) in [6.07, 6.45) is 0.961. The molecule has 0 amide bonds. The summed E-state index contributed by atoms with van der Waals surface area (Å²) < 4.78 is 0. The predicted octanol–water partition coefficient (Wildman–Crippen LogP) is 4.83. The summed E-state index contributed by atoms with van der Waals surface area (Å²) in [5.41, 5.74) is 2.34. The number of nitrogens with zero attached hydrogens (tertiary/aromatic N) is 1. The van der Waals surface area contributed by atoms with Crippen molar-refractivity contribution in [1.29, 1.82) is 0 Å². The van der Waals surface area contributed by atoms with E-state index in [1.54, 1.807) is 29.5 Å². The first-order valence-corrected chi connectivity index (χ1v) is 8.03. The Balaban J connectivity index is 2.44. The van der Waals surface area contributed by atoms with Gasteiger partial charge in [-0.3, -0.25) is 0 Å². The van der Waals surface area contributed by atoms with E-state index in [1.165, 1.54) is 4.88 Å². The Hall–Kier alpha value is -1.68. The molecule has 0 atom stereocenters. The first-order valence-electron chi connectivity index (χ1n) is 7.21. The average Bonchev–Trinajstić information content (AvgIpc) is 2.82. The molecule has 21 heavy (non-hydrogen) atoms. The van der Waals surface area contributed by atoms with Gasteiger partial charge in [-0.25, -0.2) is 9.78 Å². The van der Waals surface area contributed by atoms with Gasteiger partial charge in [0.2, 0.25) is 0 Å². The lowest BCUT2D eigenvalue weighted by Gasteiger charge is -2.06. The Kier molecular flexibility index (Phi) is 4.78. The zero-order valence-corrected chi connectivity index (χ0v) is 13.7. The summed E-state index contributed by atoms with van der Waals surface area (Å²) in [4.78, 5) is 17.2. The molecular formula is C17H21NO2S. The number of benzene rings is 1. The molecule has 3 nitrogen and oxygen atoms in total. The molecule has 2 rings (SSSR count). The van der Waals surface area contributed by atoms with E-state index in [9.17, 15) is 4.79 Å². The number of thiazole rings is 1. The van der Waals surface area contributed by atoms with Crippen LogP contribution in [0, 0.1) is 5.92 Å². The molecule has 1 aromatic heterocycles. The smallest absolute Gasteiger partial charge is 0.335 e. The Labute approximate surface area is 129 Å². The van der Waals surface area contributed by atoms with Crippen molar-refractivity contribution in [3.05, 3.63) is 40.4 Å². The molecule has 0 fully saturated rings. The highest BCUT2D eigenvalue weighted by Crippen LogP contribution is 2.34. The molecule has 1 N–H and O–H groups in total. The minimum Gasteiger partial charge on any atom is -0.478 e. The van der Waals surface area contributed by atoms with Gasteiger partial charge in [-0.2, -0.15) is 0 Å². The van der Waals surface area contributed by atoms with Crippen LogP contribution in [0.4, 0.5) is 0 Å². The van der Waals surface area contributed by atoms with Gasteiger partial charge in [-0.05, 0) is 30.4 Å². The highest BCUT2D eigenvalue weighted by molar-refractivity contribution is 7.15. The summed E-state index contributed by atoms with van der Waals surface area (Å²) >= 11 is 1.68. The van der Waals surface area contributed by atoms with Crippen LogP contribution in [0.2, 0.25) is 0 Å². The van der Waals surface area contributed by atoms with Gasteiger partial charge >= 0.3 is 5.97 Å². The maximum absolute atomic E-state index is 11.1. The summed E-state index contributed by atoms with van der Waals surface area (Å²) in [5, 5.41) is 10.0. The van der Waals surface area contributed by atoms with E-state index >= 15 is 0 Å². The minimum absolute atomic E-state index is 0.305. The van der Waals surface area contributed by atoms with Gasteiger partial charge in [-0.1, -0.05) is 39.8 Å². The van der Waals surface area contributed by atoms with E-state index in [4.69, 9.17) is 10.1 Å². The third-order valence-electron chi connectivity index (χ3n) is 3.21. The molecule has 0 radical (unpaired) electrons. The fourth-order valence-corrected chi connectivity index (χ4v) is 3.35. The van der Waals surface area contributed by atoms with Crippen LogP contribution in [-0.2, 0) is 6.42 Å². The summed E-state index contributed by atoms with van der Waals surface area (Å²) in [7, 11) is 0. The maximum Gasteiger partial charge on any atom is 0.335 e. The first kappa shape index (κ1) is 15.7. The van der Waals surface area contributed by atoms with Crippen LogP contribution in [0.5, 0.6) is 0 Å². The SMILES string of the molecule is CC(C)Cc1nc(-c2cccc(C(=O)O)c2)sc1C(C)C.